The van der Waals surface area contributed by atoms with Gasteiger partial charge in [0, 0.05) is 12.2 Å². The SMILES string of the molecule is COc1ccc(COC(=O)/C=C\C=C\C(=O)OCc2ccc(OC)cc2)cc1. The number of carbonyl (C=O) groups excluding carboxylic acids is 2. The standard InChI is InChI=1S/C22H22O6/c1-25-19-11-7-17(8-12-19)15-27-21(23)5-3-4-6-22(24)28-16-18-9-13-20(26-2)14-10-18/h3-14H,15-16H2,1-2H3/b5-3-,6-4+. The van der Waals surface area contributed by atoms with Crippen LogP contribution in [0, 0.1) is 0 Å². The van der Waals surface area contributed by atoms with Crippen molar-refractivity contribution in [2.45, 2.75) is 13.2 Å². The highest BCUT2D eigenvalue weighted by atomic mass is 16.5. The number of esters is 2. The fourth-order valence-electron chi connectivity index (χ4n) is 2.12. The van der Waals surface area contributed by atoms with E-state index in [9.17, 15) is 9.59 Å². The number of benzene rings is 2. The second-order valence-electron chi connectivity index (χ2n) is 5.63. The van der Waals surface area contributed by atoms with Gasteiger partial charge < -0.3 is 18.9 Å². The molecule has 0 amide bonds. The maximum Gasteiger partial charge on any atom is 0.331 e. The van der Waals surface area contributed by atoms with E-state index in [1.165, 1.54) is 24.3 Å². The molecule has 0 fully saturated rings. The topological polar surface area (TPSA) is 71.1 Å². The number of ether oxygens (including phenoxy) is 4. The lowest BCUT2D eigenvalue weighted by molar-refractivity contribution is -0.140. The second-order valence-corrected chi connectivity index (χ2v) is 5.63. The van der Waals surface area contributed by atoms with Crippen molar-refractivity contribution in [2.75, 3.05) is 14.2 Å². The average Bonchev–Trinajstić information content (AvgIpc) is 2.74. The molecule has 0 unspecified atom stereocenters. The molecule has 28 heavy (non-hydrogen) atoms. The zero-order valence-corrected chi connectivity index (χ0v) is 15.8. The molecule has 0 aromatic heterocycles. The zero-order valence-electron chi connectivity index (χ0n) is 15.8. The van der Waals surface area contributed by atoms with Gasteiger partial charge in [-0.15, -0.1) is 0 Å². The van der Waals surface area contributed by atoms with Crippen LogP contribution >= 0.6 is 0 Å². The monoisotopic (exact) mass is 382 g/mol. The van der Waals surface area contributed by atoms with Gasteiger partial charge in [-0.2, -0.15) is 0 Å². The lowest BCUT2D eigenvalue weighted by atomic mass is 10.2. The largest absolute Gasteiger partial charge is 0.497 e. The molecule has 0 saturated heterocycles. The van der Waals surface area contributed by atoms with Crippen molar-refractivity contribution in [1.82, 2.24) is 0 Å². The van der Waals surface area contributed by atoms with Gasteiger partial charge in [-0.3, -0.25) is 0 Å². The van der Waals surface area contributed by atoms with Gasteiger partial charge in [-0.25, -0.2) is 9.59 Å². The van der Waals surface area contributed by atoms with E-state index in [1.54, 1.807) is 38.5 Å². The molecule has 0 aliphatic carbocycles. The lowest BCUT2D eigenvalue weighted by Crippen LogP contribution is -2.01. The molecule has 0 aliphatic rings. The molecule has 0 bridgehead atoms. The van der Waals surface area contributed by atoms with E-state index >= 15 is 0 Å². The summed E-state index contributed by atoms with van der Waals surface area (Å²) in [5.74, 6) is 0.456. The van der Waals surface area contributed by atoms with Crippen LogP contribution in [0.3, 0.4) is 0 Å². The number of rotatable bonds is 9. The normalized spacial score (nSPS) is 10.8. The first-order valence-electron chi connectivity index (χ1n) is 8.55. The predicted molar refractivity (Wildman–Crippen MR) is 104 cm³/mol. The molecule has 0 N–H and O–H groups in total. The van der Waals surface area contributed by atoms with Crippen LogP contribution in [0.2, 0.25) is 0 Å². The zero-order chi connectivity index (χ0) is 20.2. The summed E-state index contributed by atoms with van der Waals surface area (Å²) in [6.45, 7) is 0.307. The number of carbonyl (C=O) groups is 2. The molecule has 0 atom stereocenters. The van der Waals surface area contributed by atoms with Gasteiger partial charge in [-0.1, -0.05) is 36.4 Å². The molecule has 2 aromatic rings. The van der Waals surface area contributed by atoms with Crippen molar-refractivity contribution in [1.29, 1.82) is 0 Å². The summed E-state index contributed by atoms with van der Waals surface area (Å²) in [4.78, 5) is 23.3. The number of allylic oxidation sites excluding steroid dienone is 2. The van der Waals surface area contributed by atoms with Gasteiger partial charge in [0.15, 0.2) is 0 Å². The third kappa shape index (κ3) is 7.37. The van der Waals surface area contributed by atoms with E-state index in [-0.39, 0.29) is 13.2 Å². The maximum absolute atomic E-state index is 11.7. The average molecular weight is 382 g/mol. The van der Waals surface area contributed by atoms with Crippen LogP contribution in [-0.2, 0) is 32.3 Å². The predicted octanol–water partition coefficient (Wildman–Crippen LogP) is 3.60. The third-order valence-electron chi connectivity index (χ3n) is 3.66. The first-order chi connectivity index (χ1) is 13.6. The molecule has 0 aliphatic heterocycles. The Morgan fingerprint density at radius 3 is 1.36 bits per heavy atom. The minimum absolute atomic E-state index is 0.154. The molecule has 0 saturated carbocycles. The molecular weight excluding hydrogens is 360 g/mol. The van der Waals surface area contributed by atoms with Crippen LogP contribution in [0.4, 0.5) is 0 Å². The Morgan fingerprint density at radius 2 is 1.04 bits per heavy atom. The highest BCUT2D eigenvalue weighted by molar-refractivity contribution is 5.84. The molecule has 6 heteroatoms. The van der Waals surface area contributed by atoms with Gasteiger partial charge >= 0.3 is 11.9 Å². The van der Waals surface area contributed by atoms with Crippen LogP contribution in [0.25, 0.3) is 0 Å². The molecule has 0 spiro atoms. The first kappa shape index (κ1) is 20.8. The smallest absolute Gasteiger partial charge is 0.331 e. The number of hydrogen-bond acceptors (Lipinski definition) is 6. The summed E-state index contributed by atoms with van der Waals surface area (Å²) in [5, 5.41) is 0. The molecule has 2 rings (SSSR count). The van der Waals surface area contributed by atoms with Gasteiger partial charge in [0.2, 0.25) is 0 Å². The Bertz CT molecular complexity index is 748. The van der Waals surface area contributed by atoms with Crippen molar-refractivity contribution in [3.8, 4) is 11.5 Å². The van der Waals surface area contributed by atoms with E-state index in [2.05, 4.69) is 0 Å². The minimum Gasteiger partial charge on any atom is -0.497 e. The highest BCUT2D eigenvalue weighted by Crippen LogP contribution is 2.13. The molecule has 0 radical (unpaired) electrons. The molecule has 6 nitrogen and oxygen atoms in total. The summed E-state index contributed by atoms with van der Waals surface area (Å²) < 4.78 is 20.3. The summed E-state index contributed by atoms with van der Waals surface area (Å²) in [6, 6.07) is 14.4. The van der Waals surface area contributed by atoms with E-state index in [4.69, 9.17) is 18.9 Å². The summed E-state index contributed by atoms with van der Waals surface area (Å²) >= 11 is 0. The van der Waals surface area contributed by atoms with Crippen molar-refractivity contribution in [3.63, 3.8) is 0 Å². The Morgan fingerprint density at radius 1 is 0.679 bits per heavy atom. The van der Waals surface area contributed by atoms with Crippen molar-refractivity contribution in [3.05, 3.63) is 84.0 Å². The van der Waals surface area contributed by atoms with Crippen LogP contribution in [0.5, 0.6) is 11.5 Å². The lowest BCUT2D eigenvalue weighted by Gasteiger charge is -2.04. The molecule has 0 heterocycles. The fourth-order valence-corrected chi connectivity index (χ4v) is 2.12. The fraction of sp³-hybridized carbons (Fsp3) is 0.182. The third-order valence-corrected chi connectivity index (χ3v) is 3.66. The van der Waals surface area contributed by atoms with Crippen LogP contribution < -0.4 is 9.47 Å². The van der Waals surface area contributed by atoms with Gasteiger partial charge in [0.05, 0.1) is 14.2 Å². The Labute approximate surface area is 164 Å². The molecule has 146 valence electrons. The van der Waals surface area contributed by atoms with Crippen molar-refractivity contribution >= 4 is 11.9 Å². The number of methoxy groups -OCH3 is 2. The van der Waals surface area contributed by atoms with Crippen LogP contribution in [0.15, 0.2) is 72.8 Å². The second kappa shape index (κ2) is 11.2. The van der Waals surface area contributed by atoms with E-state index in [0.29, 0.717) is 0 Å². The summed E-state index contributed by atoms with van der Waals surface area (Å²) in [6.07, 6.45) is 5.31. The quantitative estimate of drug-likeness (QED) is 0.375. The van der Waals surface area contributed by atoms with Crippen molar-refractivity contribution in [2.24, 2.45) is 0 Å². The van der Waals surface area contributed by atoms with Crippen molar-refractivity contribution < 1.29 is 28.5 Å². The number of hydrogen-bond donors (Lipinski definition) is 0. The van der Waals surface area contributed by atoms with E-state index in [1.807, 2.05) is 24.3 Å². The molecule has 2 aromatic carbocycles. The van der Waals surface area contributed by atoms with Crippen LogP contribution in [-0.4, -0.2) is 26.2 Å². The maximum atomic E-state index is 11.7. The first-order valence-corrected chi connectivity index (χ1v) is 8.55. The molecular formula is C22H22O6. The Kier molecular flexibility index (Phi) is 8.33. The summed E-state index contributed by atoms with van der Waals surface area (Å²) in [5.41, 5.74) is 1.69. The van der Waals surface area contributed by atoms with Gasteiger partial charge in [0.25, 0.3) is 0 Å². The Balaban J connectivity index is 1.68. The Hall–Kier alpha value is -3.54. The van der Waals surface area contributed by atoms with E-state index < -0.39 is 11.9 Å². The minimum atomic E-state index is -0.507. The van der Waals surface area contributed by atoms with Crippen LogP contribution in [0.1, 0.15) is 11.1 Å². The van der Waals surface area contributed by atoms with Gasteiger partial charge in [0.1, 0.15) is 24.7 Å². The summed E-state index contributed by atoms with van der Waals surface area (Å²) in [7, 11) is 3.17. The van der Waals surface area contributed by atoms with E-state index in [0.717, 1.165) is 22.6 Å². The van der Waals surface area contributed by atoms with Gasteiger partial charge in [-0.05, 0) is 35.4 Å². The highest BCUT2D eigenvalue weighted by Gasteiger charge is 2.00.